The molecule has 144 valence electrons. The number of nitrogens with zero attached hydrogens (tertiary/aromatic N) is 1. The maximum absolute atomic E-state index is 12.3. The smallest absolute Gasteiger partial charge is 0.407 e. The maximum Gasteiger partial charge on any atom is 0.407 e. The molecule has 1 heterocycles. The zero-order chi connectivity index (χ0) is 18.5. The number of H-pyrrole nitrogens is 1. The molecule has 2 saturated carbocycles. The Bertz CT molecular complexity index is 622. The number of amides is 2. The third-order valence-corrected chi connectivity index (χ3v) is 5.33. The van der Waals surface area contributed by atoms with Crippen LogP contribution in [0.4, 0.5) is 10.6 Å². The number of aromatic amines is 1. The number of carbonyl (C=O) groups excluding carboxylic acids is 2. The zero-order valence-electron chi connectivity index (χ0n) is 15.7. The van der Waals surface area contributed by atoms with E-state index in [0.29, 0.717) is 5.82 Å². The largest absolute Gasteiger partial charge is 0.446 e. The Morgan fingerprint density at radius 3 is 2.69 bits per heavy atom. The molecule has 1 aromatic rings. The average molecular weight is 362 g/mol. The van der Waals surface area contributed by atoms with E-state index >= 15 is 0 Å². The maximum atomic E-state index is 12.3. The van der Waals surface area contributed by atoms with Crippen LogP contribution in [0.1, 0.15) is 76.8 Å². The fourth-order valence-electron chi connectivity index (χ4n) is 3.95. The number of carbonyl (C=O) groups is 2. The van der Waals surface area contributed by atoms with Crippen LogP contribution in [0.3, 0.4) is 0 Å². The van der Waals surface area contributed by atoms with Crippen molar-refractivity contribution < 1.29 is 14.3 Å². The van der Waals surface area contributed by atoms with Crippen molar-refractivity contribution in [3.05, 3.63) is 11.8 Å². The summed E-state index contributed by atoms with van der Waals surface area (Å²) < 4.78 is 5.47. The van der Waals surface area contributed by atoms with Gasteiger partial charge in [-0.3, -0.25) is 9.89 Å². The molecule has 2 fully saturated rings. The molecule has 0 unspecified atom stereocenters. The molecule has 0 aromatic carbocycles. The van der Waals surface area contributed by atoms with Crippen LogP contribution in [0.2, 0.25) is 0 Å². The van der Waals surface area contributed by atoms with Gasteiger partial charge in [-0.2, -0.15) is 5.10 Å². The molecule has 0 spiro atoms. The lowest BCUT2D eigenvalue weighted by atomic mass is 9.89. The van der Waals surface area contributed by atoms with Gasteiger partial charge in [0.15, 0.2) is 5.82 Å². The highest BCUT2D eigenvalue weighted by molar-refractivity contribution is 5.91. The molecule has 1 aromatic heterocycles. The third-order valence-electron chi connectivity index (χ3n) is 5.33. The lowest BCUT2D eigenvalue weighted by Crippen LogP contribution is -2.33. The second-order valence-electron chi connectivity index (χ2n) is 7.87. The van der Waals surface area contributed by atoms with Crippen molar-refractivity contribution in [1.82, 2.24) is 15.5 Å². The van der Waals surface area contributed by atoms with Gasteiger partial charge in [-0.15, -0.1) is 0 Å². The van der Waals surface area contributed by atoms with Gasteiger partial charge in [-0.05, 0) is 46.0 Å². The molecule has 0 aliphatic heterocycles. The van der Waals surface area contributed by atoms with E-state index in [1.54, 1.807) is 0 Å². The van der Waals surface area contributed by atoms with E-state index in [1.807, 2.05) is 19.9 Å². The van der Waals surface area contributed by atoms with E-state index in [4.69, 9.17) is 4.74 Å². The van der Waals surface area contributed by atoms with E-state index < -0.39 is 0 Å². The molecule has 2 amide bonds. The predicted octanol–water partition coefficient (Wildman–Crippen LogP) is 3.70. The minimum absolute atomic E-state index is 0.0673. The first kappa shape index (κ1) is 18.7. The number of aromatic nitrogens is 2. The summed E-state index contributed by atoms with van der Waals surface area (Å²) in [6.45, 7) is 3.82. The average Bonchev–Trinajstić information content (AvgIpc) is 3.24. The van der Waals surface area contributed by atoms with Gasteiger partial charge in [-0.25, -0.2) is 4.79 Å². The highest BCUT2D eigenvalue weighted by atomic mass is 16.6. The van der Waals surface area contributed by atoms with E-state index in [9.17, 15) is 9.59 Å². The zero-order valence-corrected chi connectivity index (χ0v) is 15.7. The fraction of sp³-hybridized carbons (Fsp3) is 0.737. The quantitative estimate of drug-likeness (QED) is 0.744. The van der Waals surface area contributed by atoms with E-state index in [2.05, 4.69) is 20.8 Å². The van der Waals surface area contributed by atoms with Gasteiger partial charge in [0, 0.05) is 29.6 Å². The number of hydrogen-bond acceptors (Lipinski definition) is 4. The molecular formula is C19H30N4O3. The molecule has 0 bridgehead atoms. The summed E-state index contributed by atoms with van der Waals surface area (Å²) in [5.41, 5.74) is 0.999. The topological polar surface area (TPSA) is 96.1 Å². The van der Waals surface area contributed by atoms with Crippen LogP contribution in [0.5, 0.6) is 0 Å². The molecule has 3 rings (SSSR count). The van der Waals surface area contributed by atoms with Crippen LogP contribution in [-0.4, -0.2) is 34.3 Å². The molecule has 2 aliphatic carbocycles. The number of anilines is 1. The van der Waals surface area contributed by atoms with Gasteiger partial charge in [0.25, 0.3) is 0 Å². The molecule has 2 aliphatic rings. The number of rotatable bonds is 5. The molecule has 7 nitrogen and oxygen atoms in total. The monoisotopic (exact) mass is 362 g/mol. The van der Waals surface area contributed by atoms with Crippen molar-refractivity contribution in [1.29, 1.82) is 0 Å². The summed E-state index contributed by atoms with van der Waals surface area (Å²) >= 11 is 0. The van der Waals surface area contributed by atoms with Crippen molar-refractivity contribution in [3.8, 4) is 0 Å². The molecule has 0 radical (unpaired) electrons. The van der Waals surface area contributed by atoms with Crippen LogP contribution in [0.25, 0.3) is 0 Å². The van der Waals surface area contributed by atoms with Gasteiger partial charge < -0.3 is 15.4 Å². The first-order valence-corrected chi connectivity index (χ1v) is 9.84. The van der Waals surface area contributed by atoms with Crippen LogP contribution in [-0.2, 0) is 9.53 Å². The van der Waals surface area contributed by atoms with Gasteiger partial charge in [-0.1, -0.05) is 19.3 Å². The second kappa shape index (κ2) is 8.56. The van der Waals surface area contributed by atoms with E-state index in [1.165, 1.54) is 6.42 Å². The first-order valence-electron chi connectivity index (χ1n) is 9.84. The standard InChI is InChI=1S/C19H30N4O3/c1-12(2)20-19(25)26-15-9-8-14(10-15)16-11-17(23-22-16)21-18(24)13-6-4-3-5-7-13/h11-15H,3-10H2,1-2H3,(H,20,25)(H2,21,22,23,24)/t14-,15+/m0/s1. The fourth-order valence-corrected chi connectivity index (χ4v) is 3.95. The Balaban J connectivity index is 1.49. The molecule has 3 N–H and O–H groups in total. The summed E-state index contributed by atoms with van der Waals surface area (Å²) in [6, 6.07) is 1.99. The van der Waals surface area contributed by atoms with E-state index in [0.717, 1.165) is 50.6 Å². The van der Waals surface area contributed by atoms with Crippen molar-refractivity contribution in [2.24, 2.45) is 5.92 Å². The minimum Gasteiger partial charge on any atom is -0.446 e. The van der Waals surface area contributed by atoms with Crippen molar-refractivity contribution >= 4 is 17.8 Å². The van der Waals surface area contributed by atoms with Crippen molar-refractivity contribution in [2.75, 3.05) is 5.32 Å². The Kier molecular flexibility index (Phi) is 6.16. The Labute approximate surface area is 154 Å². The summed E-state index contributed by atoms with van der Waals surface area (Å²) in [5.74, 6) is 1.07. The van der Waals surface area contributed by atoms with Crippen molar-refractivity contribution in [2.45, 2.75) is 83.3 Å². The minimum atomic E-state index is -0.351. The molecule has 2 atom stereocenters. The Morgan fingerprint density at radius 2 is 1.96 bits per heavy atom. The van der Waals surface area contributed by atoms with E-state index in [-0.39, 0.29) is 36.0 Å². The van der Waals surface area contributed by atoms with Gasteiger partial charge in [0.2, 0.25) is 5.91 Å². The van der Waals surface area contributed by atoms with Gasteiger partial charge in [0.05, 0.1) is 0 Å². The highest BCUT2D eigenvalue weighted by Gasteiger charge is 2.30. The predicted molar refractivity (Wildman–Crippen MR) is 98.9 cm³/mol. The van der Waals surface area contributed by atoms with Crippen LogP contribution in [0.15, 0.2) is 6.07 Å². The number of nitrogens with one attached hydrogen (secondary N) is 3. The molecule has 0 saturated heterocycles. The second-order valence-corrected chi connectivity index (χ2v) is 7.87. The number of alkyl carbamates (subject to hydrolysis) is 1. The SMILES string of the molecule is CC(C)NC(=O)O[C@@H]1CC[C@H](c2cc(NC(=O)C3CCCCC3)n[nH]2)C1. The lowest BCUT2D eigenvalue weighted by molar-refractivity contribution is -0.120. The van der Waals surface area contributed by atoms with Crippen LogP contribution in [0, 0.1) is 5.92 Å². The third kappa shape index (κ3) is 4.99. The number of hydrogen-bond donors (Lipinski definition) is 3. The van der Waals surface area contributed by atoms with Crippen LogP contribution < -0.4 is 10.6 Å². The molecule has 26 heavy (non-hydrogen) atoms. The van der Waals surface area contributed by atoms with Gasteiger partial charge in [0.1, 0.15) is 6.10 Å². The normalized spacial score (nSPS) is 23.8. The lowest BCUT2D eigenvalue weighted by Gasteiger charge is -2.19. The van der Waals surface area contributed by atoms with Crippen molar-refractivity contribution in [3.63, 3.8) is 0 Å². The number of ether oxygens (including phenoxy) is 1. The summed E-state index contributed by atoms with van der Waals surface area (Å²) in [7, 11) is 0. The molecule has 7 heteroatoms. The first-order chi connectivity index (χ1) is 12.5. The Morgan fingerprint density at radius 1 is 1.19 bits per heavy atom. The summed E-state index contributed by atoms with van der Waals surface area (Å²) in [4.78, 5) is 24.1. The highest BCUT2D eigenvalue weighted by Crippen LogP contribution is 2.36. The van der Waals surface area contributed by atoms with Gasteiger partial charge >= 0.3 is 6.09 Å². The summed E-state index contributed by atoms with van der Waals surface area (Å²) in [5, 5.41) is 13.0. The summed E-state index contributed by atoms with van der Waals surface area (Å²) in [6.07, 6.45) is 7.61. The molecular weight excluding hydrogens is 332 g/mol. The van der Waals surface area contributed by atoms with Crippen LogP contribution >= 0.6 is 0 Å². The Hall–Kier alpha value is -2.05.